The number of piperidine rings is 1. The Hall–Kier alpha value is -0.480. The summed E-state index contributed by atoms with van der Waals surface area (Å²) in [7, 11) is 0. The van der Waals surface area contributed by atoms with Crippen LogP contribution in [0.15, 0.2) is 18.2 Å². The van der Waals surface area contributed by atoms with Gasteiger partial charge in [0.2, 0.25) is 5.91 Å². The van der Waals surface area contributed by atoms with Crippen molar-refractivity contribution in [1.82, 2.24) is 10.6 Å². The highest BCUT2D eigenvalue weighted by Gasteiger charge is 2.22. The topological polar surface area (TPSA) is 41.1 Å². The van der Waals surface area contributed by atoms with Crippen molar-refractivity contribution in [2.75, 3.05) is 13.1 Å². The maximum atomic E-state index is 12.0. The van der Waals surface area contributed by atoms with Crippen molar-refractivity contribution in [3.8, 4) is 0 Å². The normalized spacial score (nSPS) is 21.5. The van der Waals surface area contributed by atoms with E-state index in [1.54, 1.807) is 12.1 Å². The van der Waals surface area contributed by atoms with Gasteiger partial charge >= 0.3 is 0 Å². The van der Waals surface area contributed by atoms with E-state index in [1.165, 1.54) is 0 Å². The molecule has 0 saturated carbocycles. The Labute approximate surface area is 142 Å². The predicted molar refractivity (Wildman–Crippen MR) is 90.6 cm³/mol. The lowest BCUT2D eigenvalue weighted by atomic mass is 9.94. The Bertz CT molecular complexity index is 482. The van der Waals surface area contributed by atoms with E-state index in [4.69, 9.17) is 23.2 Å². The fourth-order valence-electron chi connectivity index (χ4n) is 2.43. The van der Waals surface area contributed by atoms with E-state index in [0.29, 0.717) is 28.8 Å². The number of benzene rings is 1. The SMILES string of the molecule is CC1CCNCC1NC(=O)CCc1ccc(Cl)cc1Cl.Cl. The van der Waals surface area contributed by atoms with Gasteiger partial charge < -0.3 is 10.6 Å². The van der Waals surface area contributed by atoms with E-state index in [0.717, 1.165) is 25.1 Å². The maximum absolute atomic E-state index is 12.0. The molecule has 2 N–H and O–H groups in total. The highest BCUT2D eigenvalue weighted by atomic mass is 35.5. The van der Waals surface area contributed by atoms with Crippen molar-refractivity contribution in [1.29, 1.82) is 0 Å². The van der Waals surface area contributed by atoms with Gasteiger partial charge in [0.05, 0.1) is 0 Å². The van der Waals surface area contributed by atoms with Crippen LogP contribution >= 0.6 is 35.6 Å². The second kappa shape index (κ2) is 8.84. The second-order valence-corrected chi connectivity index (χ2v) is 6.22. The molecule has 0 radical (unpaired) electrons. The summed E-state index contributed by atoms with van der Waals surface area (Å²) in [6, 6.07) is 5.62. The van der Waals surface area contributed by atoms with Gasteiger partial charge in [-0.3, -0.25) is 4.79 Å². The third kappa shape index (κ3) is 5.67. The summed E-state index contributed by atoms with van der Waals surface area (Å²) in [5.74, 6) is 0.607. The zero-order chi connectivity index (χ0) is 14.5. The van der Waals surface area contributed by atoms with Crippen LogP contribution in [0.5, 0.6) is 0 Å². The minimum absolute atomic E-state index is 0. The standard InChI is InChI=1S/C15H20Cl2N2O.ClH/c1-10-6-7-18-9-14(10)19-15(20)5-3-11-2-4-12(16)8-13(11)17;/h2,4,8,10,14,18H,3,5-7,9H2,1H3,(H,19,20);1H. The predicted octanol–water partition coefficient (Wildman–Crippen LogP) is 3.46. The molecular formula is C15H21Cl3N2O. The lowest BCUT2D eigenvalue weighted by Crippen LogP contribution is -2.50. The number of amides is 1. The summed E-state index contributed by atoms with van der Waals surface area (Å²) >= 11 is 12.0. The van der Waals surface area contributed by atoms with Crippen molar-refractivity contribution in [3.05, 3.63) is 33.8 Å². The van der Waals surface area contributed by atoms with E-state index in [-0.39, 0.29) is 24.4 Å². The van der Waals surface area contributed by atoms with Gasteiger partial charge in [0, 0.05) is 29.1 Å². The van der Waals surface area contributed by atoms with E-state index in [2.05, 4.69) is 17.6 Å². The highest BCUT2D eigenvalue weighted by Crippen LogP contribution is 2.22. The number of halogens is 3. The first-order valence-electron chi connectivity index (χ1n) is 7.00. The van der Waals surface area contributed by atoms with Crippen LogP contribution in [0, 0.1) is 5.92 Å². The Morgan fingerprint density at radius 1 is 1.43 bits per heavy atom. The van der Waals surface area contributed by atoms with E-state index < -0.39 is 0 Å². The summed E-state index contributed by atoms with van der Waals surface area (Å²) in [6.45, 7) is 4.07. The molecule has 1 fully saturated rings. The monoisotopic (exact) mass is 350 g/mol. The van der Waals surface area contributed by atoms with Gasteiger partial charge in [-0.2, -0.15) is 0 Å². The van der Waals surface area contributed by atoms with Crippen molar-refractivity contribution in [2.24, 2.45) is 5.92 Å². The molecule has 1 aromatic rings. The molecule has 2 unspecified atom stereocenters. The third-order valence-electron chi connectivity index (χ3n) is 3.81. The molecule has 0 spiro atoms. The van der Waals surface area contributed by atoms with Crippen LogP contribution in [0.25, 0.3) is 0 Å². The fraction of sp³-hybridized carbons (Fsp3) is 0.533. The van der Waals surface area contributed by atoms with Crippen LogP contribution in [-0.4, -0.2) is 25.0 Å². The molecule has 2 atom stereocenters. The molecule has 6 heteroatoms. The lowest BCUT2D eigenvalue weighted by molar-refractivity contribution is -0.122. The van der Waals surface area contributed by atoms with Crippen molar-refractivity contribution in [2.45, 2.75) is 32.2 Å². The number of rotatable bonds is 4. The third-order valence-corrected chi connectivity index (χ3v) is 4.40. The zero-order valence-electron chi connectivity index (χ0n) is 12.0. The molecule has 0 aromatic heterocycles. The van der Waals surface area contributed by atoms with Gasteiger partial charge in [-0.15, -0.1) is 12.4 Å². The van der Waals surface area contributed by atoms with Crippen molar-refractivity contribution in [3.63, 3.8) is 0 Å². The molecule has 1 amide bonds. The van der Waals surface area contributed by atoms with Gasteiger partial charge in [-0.05, 0) is 43.0 Å². The minimum atomic E-state index is 0. The molecule has 1 aliphatic heterocycles. The zero-order valence-corrected chi connectivity index (χ0v) is 14.3. The lowest BCUT2D eigenvalue weighted by Gasteiger charge is -2.30. The van der Waals surface area contributed by atoms with Crippen LogP contribution in [0.4, 0.5) is 0 Å². The van der Waals surface area contributed by atoms with Gasteiger partial charge in [0.25, 0.3) is 0 Å². The first-order chi connectivity index (χ1) is 9.56. The number of carbonyl (C=O) groups is 1. The molecule has 1 saturated heterocycles. The van der Waals surface area contributed by atoms with Crippen LogP contribution in [0.2, 0.25) is 10.0 Å². The quantitative estimate of drug-likeness (QED) is 0.872. The smallest absolute Gasteiger partial charge is 0.220 e. The summed E-state index contributed by atoms with van der Waals surface area (Å²) < 4.78 is 0. The second-order valence-electron chi connectivity index (χ2n) is 5.38. The molecule has 2 rings (SSSR count). The molecule has 21 heavy (non-hydrogen) atoms. The minimum Gasteiger partial charge on any atom is -0.352 e. The number of hydrogen-bond donors (Lipinski definition) is 2. The molecule has 1 heterocycles. The molecule has 1 aliphatic rings. The summed E-state index contributed by atoms with van der Waals surface area (Å²) in [5, 5.41) is 7.65. The first kappa shape index (κ1) is 18.6. The Kier molecular flexibility index (Phi) is 7.82. The van der Waals surface area contributed by atoms with Gasteiger partial charge in [-0.25, -0.2) is 0 Å². The fourth-order valence-corrected chi connectivity index (χ4v) is 2.94. The maximum Gasteiger partial charge on any atom is 0.220 e. The van der Waals surface area contributed by atoms with E-state index >= 15 is 0 Å². The summed E-state index contributed by atoms with van der Waals surface area (Å²) in [4.78, 5) is 12.0. The van der Waals surface area contributed by atoms with E-state index in [9.17, 15) is 4.79 Å². The van der Waals surface area contributed by atoms with E-state index in [1.807, 2.05) is 6.07 Å². The van der Waals surface area contributed by atoms with Crippen LogP contribution < -0.4 is 10.6 Å². The molecule has 0 aliphatic carbocycles. The largest absolute Gasteiger partial charge is 0.352 e. The molecule has 1 aromatic carbocycles. The molecule has 118 valence electrons. The van der Waals surface area contributed by atoms with Crippen molar-refractivity contribution >= 4 is 41.5 Å². The Morgan fingerprint density at radius 3 is 2.86 bits per heavy atom. The Morgan fingerprint density at radius 2 is 2.19 bits per heavy atom. The number of hydrogen-bond acceptors (Lipinski definition) is 2. The Balaban J connectivity index is 0.00000220. The van der Waals surface area contributed by atoms with Crippen LogP contribution in [-0.2, 0) is 11.2 Å². The van der Waals surface area contributed by atoms with Crippen molar-refractivity contribution < 1.29 is 4.79 Å². The number of carbonyl (C=O) groups excluding carboxylic acids is 1. The summed E-state index contributed by atoms with van der Waals surface area (Å²) in [6.07, 6.45) is 2.19. The average Bonchev–Trinajstić information content (AvgIpc) is 2.40. The van der Waals surface area contributed by atoms with Gasteiger partial charge in [-0.1, -0.05) is 36.2 Å². The highest BCUT2D eigenvalue weighted by molar-refractivity contribution is 6.35. The van der Waals surface area contributed by atoms with Crippen LogP contribution in [0.3, 0.4) is 0 Å². The van der Waals surface area contributed by atoms with Gasteiger partial charge in [0.1, 0.15) is 0 Å². The molecular weight excluding hydrogens is 331 g/mol. The van der Waals surface area contributed by atoms with Crippen LogP contribution in [0.1, 0.15) is 25.3 Å². The first-order valence-corrected chi connectivity index (χ1v) is 7.76. The average molecular weight is 352 g/mol. The summed E-state index contributed by atoms with van der Waals surface area (Å²) in [5.41, 5.74) is 0.959. The number of aryl methyl sites for hydroxylation is 1. The van der Waals surface area contributed by atoms with Gasteiger partial charge in [0.15, 0.2) is 0 Å². The molecule has 3 nitrogen and oxygen atoms in total. The molecule has 0 bridgehead atoms. The number of nitrogens with one attached hydrogen (secondary N) is 2.